The molecule has 0 aliphatic carbocycles. The van der Waals surface area contributed by atoms with Gasteiger partial charge in [-0.1, -0.05) is 12.1 Å². The Bertz CT molecular complexity index is 480. The van der Waals surface area contributed by atoms with Crippen LogP contribution in [0.1, 0.15) is 19.3 Å². The Hall–Kier alpha value is -1.75. The molecule has 0 unspecified atom stereocenters. The molecule has 2 heterocycles. The van der Waals surface area contributed by atoms with E-state index in [9.17, 15) is 4.79 Å². The zero-order chi connectivity index (χ0) is 14.5. The molecule has 2 fully saturated rings. The number of anilines is 2. The van der Waals surface area contributed by atoms with Gasteiger partial charge in [-0.2, -0.15) is 0 Å². The molecule has 0 aromatic heterocycles. The molecule has 2 aliphatic rings. The molecule has 2 amide bonds. The normalized spacial score (nSPS) is 19.4. The third-order valence-electron chi connectivity index (χ3n) is 4.14. The quantitative estimate of drug-likeness (QED) is 0.910. The van der Waals surface area contributed by atoms with Crippen molar-refractivity contribution in [2.24, 2.45) is 0 Å². The van der Waals surface area contributed by atoms with Crippen LogP contribution in [0, 0.1) is 0 Å². The number of benzene rings is 1. The molecule has 1 aromatic carbocycles. The maximum Gasteiger partial charge on any atom is 0.322 e. The lowest BCUT2D eigenvalue weighted by molar-refractivity contribution is 0.0564. The molecule has 21 heavy (non-hydrogen) atoms. The number of hydrogen-bond donors (Lipinski definition) is 1. The maximum atomic E-state index is 12.3. The molecule has 0 bridgehead atoms. The van der Waals surface area contributed by atoms with Gasteiger partial charge in [-0.25, -0.2) is 4.79 Å². The van der Waals surface area contributed by atoms with Crippen LogP contribution in [0.3, 0.4) is 0 Å². The van der Waals surface area contributed by atoms with Crippen LogP contribution in [-0.2, 0) is 4.74 Å². The number of hydrogen-bond acceptors (Lipinski definition) is 3. The first-order valence-electron chi connectivity index (χ1n) is 7.82. The largest absolute Gasteiger partial charge is 0.378 e. The summed E-state index contributed by atoms with van der Waals surface area (Å²) in [6, 6.07) is 8.07. The van der Waals surface area contributed by atoms with Crippen molar-refractivity contribution in [1.82, 2.24) is 4.90 Å². The Morgan fingerprint density at radius 3 is 2.48 bits per heavy atom. The average molecular weight is 289 g/mol. The fraction of sp³-hybridized carbons (Fsp3) is 0.562. The lowest BCUT2D eigenvalue weighted by Crippen LogP contribution is -2.43. The van der Waals surface area contributed by atoms with Gasteiger partial charge in [0.15, 0.2) is 0 Å². The predicted molar refractivity (Wildman–Crippen MR) is 83.9 cm³/mol. The highest BCUT2D eigenvalue weighted by molar-refractivity contribution is 5.93. The van der Waals surface area contributed by atoms with E-state index in [0.717, 1.165) is 24.5 Å². The van der Waals surface area contributed by atoms with Crippen LogP contribution in [0.15, 0.2) is 24.3 Å². The van der Waals surface area contributed by atoms with Gasteiger partial charge in [-0.05, 0) is 31.4 Å². The topological polar surface area (TPSA) is 44.8 Å². The van der Waals surface area contributed by atoms with Crippen LogP contribution in [-0.4, -0.2) is 50.3 Å². The zero-order valence-corrected chi connectivity index (χ0v) is 12.4. The van der Waals surface area contributed by atoms with Crippen molar-refractivity contribution >= 4 is 17.4 Å². The Labute approximate surface area is 125 Å². The monoisotopic (exact) mass is 289 g/mol. The Morgan fingerprint density at radius 1 is 1.00 bits per heavy atom. The molecular formula is C16H23N3O2. The van der Waals surface area contributed by atoms with Gasteiger partial charge in [0.1, 0.15) is 0 Å². The van der Waals surface area contributed by atoms with E-state index in [1.807, 2.05) is 23.1 Å². The fourth-order valence-corrected chi connectivity index (χ4v) is 2.95. The fourth-order valence-electron chi connectivity index (χ4n) is 2.95. The minimum Gasteiger partial charge on any atom is -0.378 e. The van der Waals surface area contributed by atoms with Gasteiger partial charge in [-0.3, -0.25) is 0 Å². The van der Waals surface area contributed by atoms with Crippen molar-refractivity contribution in [3.05, 3.63) is 24.3 Å². The molecule has 1 aromatic rings. The molecule has 0 saturated carbocycles. The number of nitrogens with zero attached hydrogens (tertiary/aromatic N) is 2. The van der Waals surface area contributed by atoms with Gasteiger partial charge < -0.3 is 19.9 Å². The molecule has 2 aliphatic heterocycles. The number of ether oxygens (including phenoxy) is 1. The molecule has 1 N–H and O–H groups in total. The summed E-state index contributed by atoms with van der Waals surface area (Å²) in [5.41, 5.74) is 2.05. The Morgan fingerprint density at radius 2 is 1.71 bits per heavy atom. The standard InChI is InChI=1S/C16H23N3O2/c20-16(19-10-12-21-13-11-19)17-14-6-2-3-7-15(14)18-8-4-1-5-9-18/h2-3,6-7H,1,4-5,8-13H2,(H,17,20). The average Bonchev–Trinajstić information content (AvgIpc) is 2.57. The highest BCUT2D eigenvalue weighted by Gasteiger charge is 2.19. The summed E-state index contributed by atoms with van der Waals surface area (Å²) in [6.45, 7) is 4.73. The second-order valence-corrected chi connectivity index (χ2v) is 5.59. The highest BCUT2D eigenvalue weighted by Crippen LogP contribution is 2.28. The first-order valence-corrected chi connectivity index (χ1v) is 7.82. The van der Waals surface area contributed by atoms with Crippen molar-refractivity contribution in [3.63, 3.8) is 0 Å². The summed E-state index contributed by atoms with van der Waals surface area (Å²) in [5, 5.41) is 3.07. The molecule has 3 rings (SSSR count). The molecule has 2 saturated heterocycles. The number of morpholine rings is 1. The molecule has 0 spiro atoms. The highest BCUT2D eigenvalue weighted by atomic mass is 16.5. The van der Waals surface area contributed by atoms with Gasteiger partial charge in [-0.15, -0.1) is 0 Å². The summed E-state index contributed by atoms with van der Waals surface area (Å²) in [5.74, 6) is 0. The van der Waals surface area contributed by atoms with E-state index in [1.165, 1.54) is 19.3 Å². The van der Waals surface area contributed by atoms with Crippen molar-refractivity contribution in [2.45, 2.75) is 19.3 Å². The summed E-state index contributed by atoms with van der Waals surface area (Å²) >= 11 is 0. The maximum absolute atomic E-state index is 12.3. The van der Waals surface area contributed by atoms with E-state index in [0.29, 0.717) is 26.3 Å². The second kappa shape index (κ2) is 6.80. The van der Waals surface area contributed by atoms with E-state index in [1.54, 1.807) is 0 Å². The molecule has 5 nitrogen and oxygen atoms in total. The summed E-state index contributed by atoms with van der Waals surface area (Å²) < 4.78 is 5.29. The van der Waals surface area contributed by atoms with E-state index in [2.05, 4.69) is 16.3 Å². The van der Waals surface area contributed by atoms with E-state index < -0.39 is 0 Å². The SMILES string of the molecule is O=C(Nc1ccccc1N1CCCCC1)N1CCOCC1. The molecule has 0 radical (unpaired) electrons. The summed E-state index contributed by atoms with van der Waals surface area (Å²) in [7, 11) is 0. The van der Waals surface area contributed by atoms with Gasteiger partial charge >= 0.3 is 6.03 Å². The van der Waals surface area contributed by atoms with Crippen LogP contribution in [0.2, 0.25) is 0 Å². The van der Waals surface area contributed by atoms with Crippen LogP contribution in [0.4, 0.5) is 16.2 Å². The number of nitrogens with one attached hydrogen (secondary N) is 1. The van der Waals surface area contributed by atoms with Gasteiger partial charge in [0.05, 0.1) is 24.6 Å². The van der Waals surface area contributed by atoms with Gasteiger partial charge in [0.2, 0.25) is 0 Å². The molecule has 5 heteroatoms. The Kier molecular flexibility index (Phi) is 4.60. The van der Waals surface area contributed by atoms with Crippen LogP contribution < -0.4 is 10.2 Å². The molecular weight excluding hydrogens is 266 g/mol. The lowest BCUT2D eigenvalue weighted by Gasteiger charge is -2.32. The number of rotatable bonds is 2. The van der Waals surface area contributed by atoms with Gasteiger partial charge in [0.25, 0.3) is 0 Å². The van der Waals surface area contributed by atoms with Crippen LogP contribution in [0.25, 0.3) is 0 Å². The smallest absolute Gasteiger partial charge is 0.322 e. The summed E-state index contributed by atoms with van der Waals surface area (Å²) in [6.07, 6.45) is 3.76. The summed E-state index contributed by atoms with van der Waals surface area (Å²) in [4.78, 5) is 16.5. The van der Waals surface area contributed by atoms with Crippen molar-refractivity contribution in [2.75, 3.05) is 49.6 Å². The minimum atomic E-state index is -0.0252. The lowest BCUT2D eigenvalue weighted by atomic mass is 10.1. The predicted octanol–water partition coefficient (Wildman–Crippen LogP) is 2.54. The zero-order valence-electron chi connectivity index (χ0n) is 12.4. The first-order chi connectivity index (χ1) is 10.3. The number of amides is 2. The van der Waals surface area contributed by atoms with Crippen molar-refractivity contribution in [3.8, 4) is 0 Å². The van der Waals surface area contributed by atoms with E-state index >= 15 is 0 Å². The first kappa shape index (κ1) is 14.2. The number of urea groups is 1. The number of para-hydroxylation sites is 2. The third-order valence-corrected chi connectivity index (χ3v) is 4.14. The Balaban J connectivity index is 1.70. The van der Waals surface area contributed by atoms with E-state index in [4.69, 9.17) is 4.74 Å². The van der Waals surface area contributed by atoms with Crippen LogP contribution >= 0.6 is 0 Å². The number of piperidine rings is 1. The number of carbonyl (C=O) groups excluding carboxylic acids is 1. The second-order valence-electron chi connectivity index (χ2n) is 5.59. The van der Waals surface area contributed by atoms with Crippen LogP contribution in [0.5, 0.6) is 0 Å². The third kappa shape index (κ3) is 3.47. The van der Waals surface area contributed by atoms with Gasteiger partial charge in [0, 0.05) is 26.2 Å². The molecule has 0 atom stereocenters. The number of carbonyl (C=O) groups is 1. The van der Waals surface area contributed by atoms with Crippen molar-refractivity contribution in [1.29, 1.82) is 0 Å². The molecule has 114 valence electrons. The van der Waals surface area contributed by atoms with Crippen molar-refractivity contribution < 1.29 is 9.53 Å². The van der Waals surface area contributed by atoms with E-state index in [-0.39, 0.29) is 6.03 Å². The minimum absolute atomic E-state index is 0.0252.